The van der Waals surface area contributed by atoms with Crippen LogP contribution in [0.3, 0.4) is 0 Å². The molecule has 0 aliphatic heterocycles. The van der Waals surface area contributed by atoms with E-state index in [0.29, 0.717) is 5.92 Å². The van der Waals surface area contributed by atoms with Crippen molar-refractivity contribution in [3.8, 4) is 0 Å². The largest absolute Gasteiger partial charge is 0.481 e. The number of methoxy groups -OCH3 is 1. The second kappa shape index (κ2) is 5.35. The van der Waals surface area contributed by atoms with E-state index < -0.39 is 5.97 Å². The van der Waals surface area contributed by atoms with Crippen LogP contribution in [0, 0.1) is 11.8 Å². The molecule has 1 N–H and O–H groups in total. The number of aliphatic carboxylic acids is 1. The molecule has 0 aromatic heterocycles. The van der Waals surface area contributed by atoms with E-state index in [1.54, 1.807) is 7.11 Å². The number of ether oxygens (including phenoxy) is 1. The van der Waals surface area contributed by atoms with Crippen molar-refractivity contribution < 1.29 is 14.6 Å². The molecule has 1 aliphatic rings. The number of carboxylic acid groups (broad SMARTS) is 1. The summed E-state index contributed by atoms with van der Waals surface area (Å²) in [6, 6.07) is 0. The monoisotopic (exact) mass is 200 g/mol. The average molecular weight is 200 g/mol. The Morgan fingerprint density at radius 2 is 1.93 bits per heavy atom. The van der Waals surface area contributed by atoms with E-state index >= 15 is 0 Å². The first-order chi connectivity index (χ1) is 6.66. The molecule has 1 unspecified atom stereocenters. The van der Waals surface area contributed by atoms with E-state index in [1.807, 2.05) is 6.92 Å². The first-order valence-electron chi connectivity index (χ1n) is 5.42. The molecule has 1 aliphatic carbocycles. The van der Waals surface area contributed by atoms with Gasteiger partial charge in [0.05, 0.1) is 12.0 Å². The summed E-state index contributed by atoms with van der Waals surface area (Å²) < 4.78 is 5.15. The van der Waals surface area contributed by atoms with Crippen molar-refractivity contribution in [1.29, 1.82) is 0 Å². The molecule has 0 saturated heterocycles. The number of carbonyl (C=O) groups is 1. The Balaban J connectivity index is 2.60. The third-order valence-electron chi connectivity index (χ3n) is 3.32. The molecule has 0 bridgehead atoms. The zero-order valence-corrected chi connectivity index (χ0v) is 9.03. The van der Waals surface area contributed by atoms with Gasteiger partial charge in [-0.3, -0.25) is 4.79 Å². The van der Waals surface area contributed by atoms with Crippen molar-refractivity contribution in [1.82, 2.24) is 0 Å². The van der Waals surface area contributed by atoms with Crippen LogP contribution in [-0.4, -0.2) is 24.3 Å². The molecular formula is C11H20O3. The van der Waals surface area contributed by atoms with Gasteiger partial charge in [-0.05, 0) is 25.7 Å². The Morgan fingerprint density at radius 1 is 1.36 bits per heavy atom. The van der Waals surface area contributed by atoms with Gasteiger partial charge in [-0.15, -0.1) is 0 Å². The van der Waals surface area contributed by atoms with E-state index in [1.165, 1.54) is 19.3 Å². The van der Waals surface area contributed by atoms with Gasteiger partial charge in [-0.1, -0.05) is 19.3 Å². The maximum absolute atomic E-state index is 11.1. The molecule has 3 nitrogen and oxygen atoms in total. The van der Waals surface area contributed by atoms with Crippen molar-refractivity contribution in [2.75, 3.05) is 7.11 Å². The van der Waals surface area contributed by atoms with Gasteiger partial charge in [0, 0.05) is 7.11 Å². The summed E-state index contributed by atoms with van der Waals surface area (Å²) >= 11 is 0. The van der Waals surface area contributed by atoms with E-state index in [0.717, 1.165) is 12.8 Å². The topological polar surface area (TPSA) is 46.5 Å². The smallest absolute Gasteiger partial charge is 0.309 e. The standard InChI is InChI=1S/C11H20O3/c1-8(14-2)10(11(12)13)9-6-4-3-5-7-9/h8-10H,3-7H2,1-2H3,(H,12,13)/t8-,10?/m1/s1. The molecule has 0 amide bonds. The second-order valence-electron chi connectivity index (χ2n) is 4.20. The first-order valence-corrected chi connectivity index (χ1v) is 5.42. The van der Waals surface area contributed by atoms with Crippen LogP contribution in [0.2, 0.25) is 0 Å². The van der Waals surface area contributed by atoms with E-state index in [4.69, 9.17) is 9.84 Å². The lowest BCUT2D eigenvalue weighted by molar-refractivity contribution is -0.149. The highest BCUT2D eigenvalue weighted by atomic mass is 16.5. The van der Waals surface area contributed by atoms with E-state index in [-0.39, 0.29) is 12.0 Å². The summed E-state index contributed by atoms with van der Waals surface area (Å²) in [5, 5.41) is 9.15. The molecule has 2 atom stereocenters. The molecule has 1 saturated carbocycles. The Morgan fingerprint density at radius 3 is 2.36 bits per heavy atom. The van der Waals surface area contributed by atoms with Crippen LogP contribution in [0.5, 0.6) is 0 Å². The fourth-order valence-electron chi connectivity index (χ4n) is 2.43. The van der Waals surface area contributed by atoms with Crippen LogP contribution in [0.4, 0.5) is 0 Å². The number of rotatable bonds is 4. The molecule has 82 valence electrons. The number of carboxylic acids is 1. The minimum Gasteiger partial charge on any atom is -0.481 e. The Hall–Kier alpha value is -0.570. The van der Waals surface area contributed by atoms with Gasteiger partial charge in [-0.25, -0.2) is 0 Å². The van der Waals surface area contributed by atoms with Crippen molar-refractivity contribution in [2.45, 2.75) is 45.1 Å². The second-order valence-corrected chi connectivity index (χ2v) is 4.20. The SMILES string of the molecule is CO[C@H](C)C(C(=O)O)C1CCCCC1. The predicted octanol–water partition coefficient (Wildman–Crippen LogP) is 2.30. The first kappa shape index (κ1) is 11.5. The normalized spacial score (nSPS) is 23.0. The van der Waals surface area contributed by atoms with Crippen molar-refractivity contribution in [3.63, 3.8) is 0 Å². The van der Waals surface area contributed by atoms with Gasteiger partial charge < -0.3 is 9.84 Å². The molecule has 1 rings (SSSR count). The maximum Gasteiger partial charge on any atom is 0.309 e. The number of hydrogen-bond donors (Lipinski definition) is 1. The molecule has 0 aromatic rings. The lowest BCUT2D eigenvalue weighted by Gasteiger charge is -2.30. The van der Waals surface area contributed by atoms with Crippen molar-refractivity contribution in [3.05, 3.63) is 0 Å². The Kier molecular flexibility index (Phi) is 4.39. The molecule has 0 spiro atoms. The van der Waals surface area contributed by atoms with Crippen LogP contribution in [0.1, 0.15) is 39.0 Å². The van der Waals surface area contributed by atoms with E-state index in [9.17, 15) is 4.79 Å². The Bertz CT molecular complexity index is 185. The summed E-state index contributed by atoms with van der Waals surface area (Å²) in [4.78, 5) is 11.1. The van der Waals surface area contributed by atoms with Gasteiger partial charge in [0.25, 0.3) is 0 Å². The molecule has 14 heavy (non-hydrogen) atoms. The van der Waals surface area contributed by atoms with Crippen LogP contribution in [0.15, 0.2) is 0 Å². The summed E-state index contributed by atoms with van der Waals surface area (Å²) in [6.45, 7) is 1.85. The summed E-state index contributed by atoms with van der Waals surface area (Å²) in [5.74, 6) is -0.706. The Labute approximate surface area is 85.5 Å². The summed E-state index contributed by atoms with van der Waals surface area (Å²) in [7, 11) is 1.59. The fourth-order valence-corrected chi connectivity index (χ4v) is 2.43. The molecule has 1 fully saturated rings. The minimum absolute atomic E-state index is 0.171. The molecule has 0 heterocycles. The molecule has 0 aromatic carbocycles. The predicted molar refractivity (Wildman–Crippen MR) is 54.2 cm³/mol. The summed E-state index contributed by atoms with van der Waals surface area (Å²) in [6.07, 6.45) is 5.52. The van der Waals surface area contributed by atoms with E-state index in [2.05, 4.69) is 0 Å². The highest BCUT2D eigenvalue weighted by Gasteiger charge is 2.33. The fraction of sp³-hybridized carbons (Fsp3) is 0.909. The molecule has 3 heteroatoms. The number of hydrogen-bond acceptors (Lipinski definition) is 2. The average Bonchev–Trinajstić information content (AvgIpc) is 2.19. The zero-order valence-electron chi connectivity index (χ0n) is 9.03. The lowest BCUT2D eigenvalue weighted by atomic mass is 9.78. The van der Waals surface area contributed by atoms with Gasteiger partial charge >= 0.3 is 5.97 Å². The highest BCUT2D eigenvalue weighted by Crippen LogP contribution is 2.32. The van der Waals surface area contributed by atoms with Crippen LogP contribution >= 0.6 is 0 Å². The quantitative estimate of drug-likeness (QED) is 0.757. The molecular weight excluding hydrogens is 180 g/mol. The lowest BCUT2D eigenvalue weighted by Crippen LogP contribution is -2.35. The van der Waals surface area contributed by atoms with Crippen LogP contribution in [-0.2, 0) is 9.53 Å². The van der Waals surface area contributed by atoms with Crippen molar-refractivity contribution >= 4 is 5.97 Å². The third-order valence-corrected chi connectivity index (χ3v) is 3.32. The van der Waals surface area contributed by atoms with Crippen LogP contribution < -0.4 is 0 Å². The van der Waals surface area contributed by atoms with Crippen molar-refractivity contribution in [2.24, 2.45) is 11.8 Å². The third kappa shape index (κ3) is 2.71. The van der Waals surface area contributed by atoms with Gasteiger partial charge in [0.1, 0.15) is 0 Å². The van der Waals surface area contributed by atoms with Gasteiger partial charge in [0.2, 0.25) is 0 Å². The van der Waals surface area contributed by atoms with Crippen LogP contribution in [0.25, 0.3) is 0 Å². The minimum atomic E-state index is -0.703. The van der Waals surface area contributed by atoms with Gasteiger partial charge in [-0.2, -0.15) is 0 Å². The molecule has 0 radical (unpaired) electrons. The maximum atomic E-state index is 11.1. The van der Waals surface area contributed by atoms with Gasteiger partial charge in [0.15, 0.2) is 0 Å². The highest BCUT2D eigenvalue weighted by molar-refractivity contribution is 5.71. The summed E-state index contributed by atoms with van der Waals surface area (Å²) in [5.41, 5.74) is 0. The zero-order chi connectivity index (χ0) is 10.6.